The minimum atomic E-state index is -1.00. The number of hydrogen-bond acceptors (Lipinski definition) is 4. The van der Waals surface area contributed by atoms with Crippen LogP contribution in [0.2, 0.25) is 0 Å². The Kier molecular flexibility index (Phi) is 2.96. The molecular formula is C13H11BFNO3. The molecule has 1 aromatic carbocycles. The van der Waals surface area contributed by atoms with E-state index < -0.39 is 7.12 Å². The number of pyridine rings is 1. The van der Waals surface area contributed by atoms with Crippen LogP contribution in [-0.2, 0) is 11.3 Å². The van der Waals surface area contributed by atoms with Crippen LogP contribution in [0.25, 0.3) is 11.1 Å². The third-order valence-corrected chi connectivity index (χ3v) is 3.15. The van der Waals surface area contributed by atoms with E-state index in [0.29, 0.717) is 28.0 Å². The molecule has 0 saturated carbocycles. The van der Waals surface area contributed by atoms with Crippen molar-refractivity contribution in [2.45, 2.75) is 6.61 Å². The maximum atomic E-state index is 14.2. The summed E-state index contributed by atoms with van der Waals surface area (Å²) in [6.45, 7) is 0.220. The van der Waals surface area contributed by atoms with Crippen molar-refractivity contribution >= 4 is 12.6 Å². The van der Waals surface area contributed by atoms with Gasteiger partial charge in [0.25, 0.3) is 0 Å². The van der Waals surface area contributed by atoms with Gasteiger partial charge in [0.15, 0.2) is 0 Å². The molecule has 1 N–H and O–H groups in total. The van der Waals surface area contributed by atoms with Gasteiger partial charge >= 0.3 is 7.12 Å². The van der Waals surface area contributed by atoms with E-state index in [9.17, 15) is 9.41 Å². The van der Waals surface area contributed by atoms with Gasteiger partial charge in [0.05, 0.1) is 13.7 Å². The first-order valence-electron chi connectivity index (χ1n) is 5.82. The highest BCUT2D eigenvalue weighted by atomic mass is 19.1. The van der Waals surface area contributed by atoms with Crippen LogP contribution in [0, 0.1) is 5.82 Å². The lowest BCUT2D eigenvalue weighted by molar-refractivity contribution is 0.275. The fraction of sp³-hybridized carbons (Fsp3) is 0.154. The first kappa shape index (κ1) is 12.1. The van der Waals surface area contributed by atoms with E-state index in [0.717, 1.165) is 0 Å². The van der Waals surface area contributed by atoms with Crippen LogP contribution in [0.5, 0.6) is 5.88 Å². The highest BCUT2D eigenvalue weighted by Crippen LogP contribution is 2.30. The van der Waals surface area contributed by atoms with Crippen molar-refractivity contribution in [3.63, 3.8) is 0 Å². The third-order valence-electron chi connectivity index (χ3n) is 3.15. The summed E-state index contributed by atoms with van der Waals surface area (Å²) in [6.07, 6.45) is 1.57. The molecule has 3 rings (SSSR count). The van der Waals surface area contributed by atoms with Crippen LogP contribution >= 0.6 is 0 Å². The van der Waals surface area contributed by atoms with Gasteiger partial charge in [-0.2, -0.15) is 0 Å². The SMILES string of the molecule is COc1ncccc1-c1cc2c(cc1F)COB2O. The number of methoxy groups -OCH3 is 1. The predicted molar refractivity (Wildman–Crippen MR) is 68.6 cm³/mol. The Labute approximate surface area is 110 Å². The number of halogens is 1. The number of aromatic nitrogens is 1. The van der Waals surface area contributed by atoms with Gasteiger partial charge in [-0.15, -0.1) is 0 Å². The molecule has 0 atom stereocenters. The summed E-state index contributed by atoms with van der Waals surface area (Å²) in [5.41, 5.74) is 2.14. The summed E-state index contributed by atoms with van der Waals surface area (Å²) in [7, 11) is 0.478. The van der Waals surface area contributed by atoms with Crippen LogP contribution in [0.1, 0.15) is 5.56 Å². The smallest absolute Gasteiger partial charge is 0.481 e. The Morgan fingerprint density at radius 2 is 2.26 bits per heavy atom. The number of benzene rings is 1. The Hall–Kier alpha value is -1.92. The van der Waals surface area contributed by atoms with Crippen molar-refractivity contribution in [3.05, 3.63) is 41.8 Å². The van der Waals surface area contributed by atoms with Gasteiger partial charge in [-0.25, -0.2) is 9.37 Å². The second-order valence-electron chi connectivity index (χ2n) is 4.25. The molecule has 0 saturated heterocycles. The molecule has 2 heterocycles. The van der Waals surface area contributed by atoms with Gasteiger partial charge in [0.2, 0.25) is 5.88 Å². The second-order valence-corrected chi connectivity index (χ2v) is 4.25. The van der Waals surface area contributed by atoms with E-state index in [1.165, 1.54) is 13.2 Å². The molecule has 0 radical (unpaired) electrons. The van der Waals surface area contributed by atoms with Crippen molar-refractivity contribution in [2.24, 2.45) is 0 Å². The molecule has 1 aliphatic rings. The quantitative estimate of drug-likeness (QED) is 0.821. The highest BCUT2D eigenvalue weighted by molar-refractivity contribution is 6.61. The molecule has 2 aromatic rings. The maximum absolute atomic E-state index is 14.2. The Morgan fingerprint density at radius 3 is 3.05 bits per heavy atom. The van der Waals surface area contributed by atoms with Crippen LogP contribution in [0.4, 0.5) is 4.39 Å². The summed E-state index contributed by atoms with van der Waals surface area (Å²) in [5, 5.41) is 9.68. The van der Waals surface area contributed by atoms with Crippen molar-refractivity contribution in [1.29, 1.82) is 0 Å². The average molecular weight is 259 g/mol. The lowest BCUT2D eigenvalue weighted by Crippen LogP contribution is -2.28. The first-order valence-corrected chi connectivity index (χ1v) is 5.82. The molecule has 0 spiro atoms. The number of rotatable bonds is 2. The number of fused-ring (bicyclic) bond motifs is 1. The predicted octanol–water partition coefficient (Wildman–Crippen LogP) is 1.11. The van der Waals surface area contributed by atoms with Crippen LogP contribution in [0.3, 0.4) is 0 Å². The van der Waals surface area contributed by atoms with Gasteiger partial charge in [-0.3, -0.25) is 0 Å². The highest BCUT2D eigenvalue weighted by Gasteiger charge is 2.29. The zero-order chi connectivity index (χ0) is 13.4. The second kappa shape index (κ2) is 4.64. The Bertz CT molecular complexity index is 635. The molecule has 1 aliphatic heterocycles. The van der Waals surface area contributed by atoms with E-state index in [4.69, 9.17) is 9.39 Å². The fourth-order valence-electron chi connectivity index (χ4n) is 2.21. The molecule has 1 aromatic heterocycles. The molecule has 4 nitrogen and oxygen atoms in total. The number of nitrogens with zero attached hydrogens (tertiary/aromatic N) is 1. The van der Waals surface area contributed by atoms with Crippen molar-refractivity contribution in [2.75, 3.05) is 7.11 Å². The summed E-state index contributed by atoms with van der Waals surface area (Å²) < 4.78 is 24.4. The van der Waals surface area contributed by atoms with E-state index in [1.807, 2.05) is 0 Å². The van der Waals surface area contributed by atoms with Crippen LogP contribution in [-0.4, -0.2) is 24.2 Å². The largest absolute Gasteiger partial charge is 0.491 e. The standard InChI is InChI=1S/C13H11BFNO3/c1-18-13-9(3-2-4-16-13)10-6-11-8(5-12(10)15)7-19-14(11)17/h2-6,17H,7H2,1H3. The molecule has 0 unspecified atom stereocenters. The topological polar surface area (TPSA) is 51.6 Å². The average Bonchev–Trinajstić information content (AvgIpc) is 2.78. The first-order chi connectivity index (χ1) is 9.20. The normalized spacial score (nSPS) is 13.5. The van der Waals surface area contributed by atoms with Crippen molar-refractivity contribution in [3.8, 4) is 17.0 Å². The lowest BCUT2D eigenvalue weighted by atomic mass is 9.78. The summed E-state index contributed by atoms with van der Waals surface area (Å²) in [5.74, 6) is -0.0440. The number of hydrogen-bond donors (Lipinski definition) is 1. The molecule has 0 aliphatic carbocycles. The van der Waals surface area contributed by atoms with Gasteiger partial charge in [0, 0.05) is 17.3 Å². The summed E-state index contributed by atoms with van der Waals surface area (Å²) in [4.78, 5) is 4.04. The Morgan fingerprint density at radius 1 is 1.42 bits per heavy atom. The molecular weight excluding hydrogens is 248 g/mol. The molecule has 0 amide bonds. The molecule has 0 bridgehead atoms. The van der Waals surface area contributed by atoms with Gasteiger partial charge < -0.3 is 14.4 Å². The minimum absolute atomic E-state index is 0.220. The van der Waals surface area contributed by atoms with Gasteiger partial charge in [-0.1, -0.05) is 6.07 Å². The van der Waals surface area contributed by atoms with E-state index in [-0.39, 0.29) is 12.4 Å². The van der Waals surface area contributed by atoms with Crippen molar-refractivity contribution in [1.82, 2.24) is 4.98 Å². The molecule has 6 heteroatoms. The monoisotopic (exact) mass is 259 g/mol. The summed E-state index contributed by atoms with van der Waals surface area (Å²) >= 11 is 0. The zero-order valence-corrected chi connectivity index (χ0v) is 10.3. The fourth-order valence-corrected chi connectivity index (χ4v) is 2.21. The van der Waals surface area contributed by atoms with Crippen molar-refractivity contribution < 1.29 is 18.8 Å². The lowest BCUT2D eigenvalue weighted by Gasteiger charge is -2.10. The third kappa shape index (κ3) is 1.99. The Balaban J connectivity index is 2.18. The zero-order valence-electron chi connectivity index (χ0n) is 10.3. The minimum Gasteiger partial charge on any atom is -0.481 e. The van der Waals surface area contributed by atoms with Crippen LogP contribution in [0.15, 0.2) is 30.5 Å². The van der Waals surface area contributed by atoms with E-state index >= 15 is 0 Å². The maximum Gasteiger partial charge on any atom is 0.491 e. The summed E-state index contributed by atoms with van der Waals surface area (Å²) in [6, 6.07) is 6.39. The van der Waals surface area contributed by atoms with Crippen LogP contribution < -0.4 is 10.2 Å². The number of ether oxygens (including phenoxy) is 1. The molecule has 0 fully saturated rings. The molecule has 19 heavy (non-hydrogen) atoms. The van der Waals surface area contributed by atoms with Gasteiger partial charge in [-0.05, 0) is 29.2 Å². The van der Waals surface area contributed by atoms with E-state index in [1.54, 1.807) is 24.4 Å². The van der Waals surface area contributed by atoms with Gasteiger partial charge in [0.1, 0.15) is 5.82 Å². The van der Waals surface area contributed by atoms with E-state index in [2.05, 4.69) is 4.98 Å². The molecule has 96 valence electrons.